The summed E-state index contributed by atoms with van der Waals surface area (Å²) >= 11 is 0. The van der Waals surface area contributed by atoms with Gasteiger partial charge in [0.25, 0.3) is 0 Å². The van der Waals surface area contributed by atoms with E-state index in [1.54, 1.807) is 12.3 Å². The molecule has 0 aliphatic heterocycles. The van der Waals surface area contributed by atoms with Gasteiger partial charge in [0.15, 0.2) is 0 Å². The van der Waals surface area contributed by atoms with Crippen LogP contribution in [0, 0.1) is 0 Å². The van der Waals surface area contributed by atoms with E-state index in [0.717, 1.165) is 22.0 Å². The van der Waals surface area contributed by atoms with Crippen LogP contribution in [0.4, 0.5) is 0 Å². The van der Waals surface area contributed by atoms with Crippen LogP contribution in [-0.2, 0) is 11.3 Å². The van der Waals surface area contributed by atoms with Gasteiger partial charge in [0.05, 0.1) is 5.52 Å². The molecule has 1 aromatic heterocycles. The molecule has 0 spiro atoms. The minimum absolute atomic E-state index is 0.105. The van der Waals surface area contributed by atoms with Crippen molar-refractivity contribution in [2.75, 3.05) is 0 Å². The number of rotatable bonds is 5. The fraction of sp³-hybridized carbons (Fsp3) is 0.0476. The highest BCUT2D eigenvalue weighted by Gasteiger charge is 1.95. The second-order valence-electron chi connectivity index (χ2n) is 5.38. The van der Waals surface area contributed by atoms with Gasteiger partial charge < -0.3 is 5.32 Å². The predicted molar refractivity (Wildman–Crippen MR) is 98.2 cm³/mol. The van der Waals surface area contributed by atoms with E-state index in [9.17, 15) is 4.79 Å². The Hall–Kier alpha value is -3.20. The number of hydrogen-bond acceptors (Lipinski definition) is 2. The number of nitrogens with one attached hydrogen (secondary N) is 1. The quantitative estimate of drug-likeness (QED) is 0.568. The smallest absolute Gasteiger partial charge is 0.244 e. The lowest BCUT2D eigenvalue weighted by Gasteiger charge is -2.01. The van der Waals surface area contributed by atoms with Gasteiger partial charge >= 0.3 is 0 Å². The molecule has 118 valence electrons. The average molecular weight is 314 g/mol. The number of carbonyl (C=O) groups is 1. The van der Waals surface area contributed by atoms with Crippen molar-refractivity contribution in [1.29, 1.82) is 0 Å². The van der Waals surface area contributed by atoms with Crippen LogP contribution in [0.3, 0.4) is 0 Å². The van der Waals surface area contributed by atoms with Crippen molar-refractivity contribution < 1.29 is 4.79 Å². The highest BCUT2D eigenvalue weighted by atomic mass is 16.1. The first-order chi connectivity index (χ1) is 11.8. The number of fused-ring (bicyclic) bond motifs is 1. The van der Waals surface area contributed by atoms with Gasteiger partial charge in [0, 0.05) is 24.2 Å². The van der Waals surface area contributed by atoms with Crippen LogP contribution >= 0.6 is 0 Å². The SMILES string of the molecule is O=C(C=CC=Cc1ccc2ncccc2c1)NCc1ccccc1. The Bertz CT molecular complexity index is 882. The molecule has 3 nitrogen and oxygen atoms in total. The zero-order valence-electron chi connectivity index (χ0n) is 13.2. The summed E-state index contributed by atoms with van der Waals surface area (Å²) in [5, 5.41) is 3.96. The fourth-order valence-electron chi connectivity index (χ4n) is 2.35. The molecule has 0 fully saturated rings. The summed E-state index contributed by atoms with van der Waals surface area (Å²) in [6, 6.07) is 19.9. The summed E-state index contributed by atoms with van der Waals surface area (Å²) in [5.41, 5.74) is 3.13. The standard InChI is InChI=1S/C21H18N2O/c24-21(23-16-18-8-2-1-3-9-18)11-5-4-7-17-12-13-20-19(15-17)10-6-14-22-20/h1-15H,16H2,(H,23,24). The lowest BCUT2D eigenvalue weighted by atomic mass is 10.1. The molecule has 3 rings (SSSR count). The summed E-state index contributed by atoms with van der Waals surface area (Å²) in [7, 11) is 0. The van der Waals surface area contributed by atoms with Gasteiger partial charge in [-0.1, -0.05) is 60.7 Å². The minimum Gasteiger partial charge on any atom is -0.348 e. The van der Waals surface area contributed by atoms with Crippen molar-refractivity contribution >= 4 is 22.9 Å². The number of aromatic nitrogens is 1. The number of benzene rings is 2. The molecule has 0 unspecified atom stereocenters. The molecular formula is C21H18N2O. The van der Waals surface area contributed by atoms with Crippen LogP contribution in [0.2, 0.25) is 0 Å². The highest BCUT2D eigenvalue weighted by molar-refractivity contribution is 5.88. The Balaban J connectivity index is 1.54. The van der Waals surface area contributed by atoms with Crippen LogP contribution in [-0.4, -0.2) is 10.9 Å². The third kappa shape index (κ3) is 4.40. The summed E-state index contributed by atoms with van der Waals surface area (Å²) in [5.74, 6) is -0.105. The lowest BCUT2D eigenvalue weighted by Crippen LogP contribution is -2.20. The predicted octanol–water partition coefficient (Wildman–Crippen LogP) is 4.12. The van der Waals surface area contributed by atoms with Gasteiger partial charge in [-0.2, -0.15) is 0 Å². The summed E-state index contributed by atoms with van der Waals surface area (Å²) in [4.78, 5) is 16.1. The first-order valence-electron chi connectivity index (χ1n) is 7.82. The Morgan fingerprint density at radius 1 is 1.00 bits per heavy atom. The molecule has 1 amide bonds. The monoisotopic (exact) mass is 314 g/mol. The zero-order valence-corrected chi connectivity index (χ0v) is 13.2. The van der Waals surface area contributed by atoms with Crippen molar-refractivity contribution in [2.24, 2.45) is 0 Å². The summed E-state index contributed by atoms with van der Waals surface area (Å²) < 4.78 is 0. The van der Waals surface area contributed by atoms with Gasteiger partial charge in [-0.3, -0.25) is 9.78 Å². The maximum Gasteiger partial charge on any atom is 0.244 e. The number of hydrogen-bond donors (Lipinski definition) is 1. The maximum absolute atomic E-state index is 11.8. The zero-order chi connectivity index (χ0) is 16.6. The molecule has 24 heavy (non-hydrogen) atoms. The summed E-state index contributed by atoms with van der Waals surface area (Å²) in [6.07, 6.45) is 8.89. The first kappa shape index (κ1) is 15.7. The van der Waals surface area contributed by atoms with Crippen LogP contribution < -0.4 is 5.32 Å². The number of allylic oxidation sites excluding steroid dienone is 2. The van der Waals surface area contributed by atoms with Gasteiger partial charge in [-0.25, -0.2) is 0 Å². The van der Waals surface area contributed by atoms with Crippen molar-refractivity contribution in [3.63, 3.8) is 0 Å². The molecule has 3 heteroatoms. The van der Waals surface area contributed by atoms with E-state index in [0.29, 0.717) is 6.54 Å². The van der Waals surface area contributed by atoms with E-state index in [2.05, 4.69) is 16.4 Å². The molecule has 0 aliphatic rings. The molecule has 0 atom stereocenters. The van der Waals surface area contributed by atoms with Crippen LogP contribution in [0.25, 0.3) is 17.0 Å². The molecular weight excluding hydrogens is 296 g/mol. The van der Waals surface area contributed by atoms with Crippen LogP contribution in [0.1, 0.15) is 11.1 Å². The molecule has 0 aliphatic carbocycles. The largest absolute Gasteiger partial charge is 0.348 e. The maximum atomic E-state index is 11.8. The molecule has 1 heterocycles. The molecule has 0 saturated carbocycles. The molecule has 2 aromatic carbocycles. The molecule has 0 radical (unpaired) electrons. The normalized spacial score (nSPS) is 11.3. The number of amides is 1. The second kappa shape index (κ2) is 7.88. The Labute approximate surface area is 141 Å². The van der Waals surface area contributed by atoms with Crippen molar-refractivity contribution in [1.82, 2.24) is 10.3 Å². The van der Waals surface area contributed by atoms with E-state index in [4.69, 9.17) is 0 Å². The van der Waals surface area contributed by atoms with Gasteiger partial charge in [0.1, 0.15) is 0 Å². The Morgan fingerprint density at radius 2 is 1.88 bits per heavy atom. The number of carbonyl (C=O) groups excluding carboxylic acids is 1. The van der Waals surface area contributed by atoms with E-state index < -0.39 is 0 Å². The number of pyridine rings is 1. The summed E-state index contributed by atoms with van der Waals surface area (Å²) in [6.45, 7) is 0.533. The average Bonchev–Trinajstić information content (AvgIpc) is 2.64. The van der Waals surface area contributed by atoms with Crippen LogP contribution in [0.15, 0.2) is 85.1 Å². The van der Waals surface area contributed by atoms with Crippen LogP contribution in [0.5, 0.6) is 0 Å². The van der Waals surface area contributed by atoms with Crippen molar-refractivity contribution in [3.8, 4) is 0 Å². The molecule has 0 bridgehead atoms. The van der Waals surface area contributed by atoms with Gasteiger partial charge in [-0.05, 0) is 29.3 Å². The third-order valence-corrected chi connectivity index (χ3v) is 3.58. The minimum atomic E-state index is -0.105. The number of nitrogens with zero attached hydrogens (tertiary/aromatic N) is 1. The molecule has 1 N–H and O–H groups in total. The molecule has 0 saturated heterocycles. The first-order valence-corrected chi connectivity index (χ1v) is 7.82. The van der Waals surface area contributed by atoms with E-state index >= 15 is 0 Å². The highest BCUT2D eigenvalue weighted by Crippen LogP contribution is 2.14. The Kier molecular flexibility index (Phi) is 5.15. The van der Waals surface area contributed by atoms with Crippen molar-refractivity contribution in [3.05, 3.63) is 96.2 Å². The lowest BCUT2D eigenvalue weighted by molar-refractivity contribution is -0.116. The second-order valence-corrected chi connectivity index (χ2v) is 5.38. The van der Waals surface area contributed by atoms with E-state index in [1.807, 2.05) is 66.7 Å². The fourth-order valence-corrected chi connectivity index (χ4v) is 2.35. The van der Waals surface area contributed by atoms with E-state index in [-0.39, 0.29) is 5.91 Å². The Morgan fingerprint density at radius 3 is 2.75 bits per heavy atom. The van der Waals surface area contributed by atoms with Gasteiger partial charge in [0.2, 0.25) is 5.91 Å². The van der Waals surface area contributed by atoms with E-state index in [1.165, 1.54) is 6.08 Å². The topological polar surface area (TPSA) is 42.0 Å². The molecule has 3 aromatic rings. The van der Waals surface area contributed by atoms with Crippen molar-refractivity contribution in [2.45, 2.75) is 6.54 Å². The third-order valence-electron chi connectivity index (χ3n) is 3.58. The van der Waals surface area contributed by atoms with Gasteiger partial charge in [-0.15, -0.1) is 0 Å².